The van der Waals surface area contributed by atoms with Gasteiger partial charge in [-0.3, -0.25) is 14.9 Å². The molecule has 0 radical (unpaired) electrons. The van der Waals surface area contributed by atoms with Crippen LogP contribution in [0.4, 0.5) is 18.9 Å². The minimum absolute atomic E-state index is 0.0367. The van der Waals surface area contributed by atoms with Crippen LogP contribution in [-0.2, 0) is 12.7 Å². The van der Waals surface area contributed by atoms with Gasteiger partial charge in [0.25, 0.3) is 5.91 Å². The second-order valence-corrected chi connectivity index (χ2v) is 5.68. The molecule has 11 heteroatoms. The monoisotopic (exact) mass is 414 g/mol. The van der Waals surface area contributed by atoms with E-state index in [0.717, 1.165) is 18.2 Å². The number of hydrogen-bond acceptors (Lipinski definition) is 6. The van der Waals surface area contributed by atoms with E-state index >= 15 is 0 Å². The van der Waals surface area contributed by atoms with Crippen molar-refractivity contribution < 1.29 is 37.1 Å². The number of halogens is 3. The van der Waals surface area contributed by atoms with Crippen molar-refractivity contribution in [2.45, 2.75) is 12.7 Å². The molecule has 2 aromatic rings. The highest BCUT2D eigenvalue weighted by atomic mass is 19.4. The summed E-state index contributed by atoms with van der Waals surface area (Å²) in [5.41, 5.74) is -1.43. The van der Waals surface area contributed by atoms with Gasteiger partial charge in [-0.15, -0.1) is 0 Å². The molecule has 0 bridgehead atoms. The zero-order chi connectivity index (χ0) is 21.8. The second kappa shape index (κ2) is 8.67. The largest absolute Gasteiger partial charge is 0.493 e. The Morgan fingerprint density at radius 1 is 1.07 bits per heavy atom. The molecule has 0 aliphatic rings. The number of methoxy groups -OCH3 is 3. The Labute approximate surface area is 163 Å². The first-order valence-corrected chi connectivity index (χ1v) is 8.05. The Hall–Kier alpha value is -3.50. The highest BCUT2D eigenvalue weighted by Crippen LogP contribution is 2.46. The predicted octanol–water partition coefficient (Wildman–Crippen LogP) is 3.57. The number of ether oxygens (including phenoxy) is 3. The molecular formula is C18H17F3N2O6. The number of hydrogen-bond donors (Lipinski definition) is 1. The molecule has 8 nitrogen and oxygen atoms in total. The van der Waals surface area contributed by atoms with E-state index in [-0.39, 0.29) is 29.4 Å². The standard InChI is InChI=1S/C18H17F3N2O6/c1-27-13-8-12(14(23(25)26)16(29-3)15(13)28-2)17(24)22-9-10-4-6-11(7-5-10)18(19,20)21/h4-8H,9H2,1-3H3,(H,22,24). The molecule has 0 saturated heterocycles. The number of rotatable bonds is 7. The number of benzene rings is 2. The van der Waals surface area contributed by atoms with Crippen LogP contribution in [0.1, 0.15) is 21.5 Å². The summed E-state index contributed by atoms with van der Waals surface area (Å²) in [6.07, 6.45) is -4.47. The van der Waals surface area contributed by atoms with Gasteiger partial charge < -0.3 is 19.5 Å². The molecule has 0 saturated carbocycles. The molecule has 1 amide bonds. The Morgan fingerprint density at radius 2 is 1.66 bits per heavy atom. The number of amides is 1. The number of carbonyl (C=O) groups is 1. The number of carbonyl (C=O) groups excluding carboxylic acids is 1. The van der Waals surface area contributed by atoms with Crippen LogP contribution in [0.25, 0.3) is 0 Å². The summed E-state index contributed by atoms with van der Waals surface area (Å²) in [4.78, 5) is 23.3. The minimum Gasteiger partial charge on any atom is -0.493 e. The zero-order valence-electron chi connectivity index (χ0n) is 15.6. The summed E-state index contributed by atoms with van der Waals surface area (Å²) in [5, 5.41) is 14.0. The van der Waals surface area contributed by atoms with Gasteiger partial charge in [-0.2, -0.15) is 13.2 Å². The van der Waals surface area contributed by atoms with Crippen LogP contribution in [0, 0.1) is 10.1 Å². The van der Waals surface area contributed by atoms with Crippen molar-refractivity contribution in [2.75, 3.05) is 21.3 Å². The number of alkyl halides is 3. The van der Waals surface area contributed by atoms with E-state index in [9.17, 15) is 28.1 Å². The maximum absolute atomic E-state index is 12.6. The van der Waals surface area contributed by atoms with Crippen LogP contribution in [0.15, 0.2) is 30.3 Å². The third-order valence-corrected chi connectivity index (χ3v) is 3.97. The number of nitrogens with one attached hydrogen (secondary N) is 1. The maximum Gasteiger partial charge on any atom is 0.416 e. The fourth-order valence-corrected chi connectivity index (χ4v) is 2.58. The minimum atomic E-state index is -4.47. The Morgan fingerprint density at radius 3 is 2.10 bits per heavy atom. The van der Waals surface area contributed by atoms with Crippen LogP contribution >= 0.6 is 0 Å². The van der Waals surface area contributed by atoms with Crippen molar-refractivity contribution in [1.82, 2.24) is 5.32 Å². The van der Waals surface area contributed by atoms with E-state index in [1.165, 1.54) is 33.5 Å². The summed E-state index contributed by atoms with van der Waals surface area (Å²) in [5.74, 6) is -1.15. The summed E-state index contributed by atoms with van der Waals surface area (Å²) in [6, 6.07) is 5.29. The van der Waals surface area contributed by atoms with Crippen molar-refractivity contribution in [2.24, 2.45) is 0 Å². The summed E-state index contributed by atoms with van der Waals surface area (Å²) in [6.45, 7) is -0.148. The van der Waals surface area contributed by atoms with Crippen LogP contribution in [0.3, 0.4) is 0 Å². The zero-order valence-corrected chi connectivity index (χ0v) is 15.6. The molecule has 156 valence electrons. The van der Waals surface area contributed by atoms with Gasteiger partial charge in [0.2, 0.25) is 11.5 Å². The van der Waals surface area contributed by atoms with Crippen molar-refractivity contribution in [3.8, 4) is 17.2 Å². The highest BCUT2D eigenvalue weighted by Gasteiger charge is 2.32. The lowest BCUT2D eigenvalue weighted by Gasteiger charge is -2.15. The molecule has 2 aromatic carbocycles. The van der Waals surface area contributed by atoms with E-state index in [2.05, 4.69) is 5.32 Å². The van der Waals surface area contributed by atoms with Gasteiger partial charge in [0.15, 0.2) is 5.75 Å². The van der Waals surface area contributed by atoms with Gasteiger partial charge in [-0.05, 0) is 17.7 Å². The van der Waals surface area contributed by atoms with E-state index in [4.69, 9.17) is 14.2 Å². The lowest BCUT2D eigenvalue weighted by molar-refractivity contribution is -0.386. The third-order valence-electron chi connectivity index (χ3n) is 3.97. The van der Waals surface area contributed by atoms with Crippen molar-refractivity contribution >= 4 is 11.6 Å². The van der Waals surface area contributed by atoms with E-state index in [1.807, 2.05) is 0 Å². The molecule has 2 rings (SSSR count). The van der Waals surface area contributed by atoms with Gasteiger partial charge in [0.05, 0.1) is 31.8 Å². The summed E-state index contributed by atoms with van der Waals surface area (Å²) in [7, 11) is 3.72. The average molecular weight is 414 g/mol. The molecule has 0 spiro atoms. The third kappa shape index (κ3) is 4.68. The average Bonchev–Trinajstić information content (AvgIpc) is 2.69. The number of nitrogens with zero attached hydrogens (tertiary/aromatic N) is 1. The van der Waals surface area contributed by atoms with Crippen LogP contribution in [0.5, 0.6) is 17.2 Å². The molecule has 0 fully saturated rings. The van der Waals surface area contributed by atoms with E-state index in [0.29, 0.717) is 5.56 Å². The fraction of sp³-hybridized carbons (Fsp3) is 0.278. The normalized spacial score (nSPS) is 11.0. The van der Waals surface area contributed by atoms with Crippen LogP contribution < -0.4 is 19.5 Å². The topological polar surface area (TPSA) is 99.9 Å². The molecule has 29 heavy (non-hydrogen) atoms. The maximum atomic E-state index is 12.6. The molecule has 0 atom stereocenters. The smallest absolute Gasteiger partial charge is 0.416 e. The van der Waals surface area contributed by atoms with Gasteiger partial charge in [0, 0.05) is 12.6 Å². The lowest BCUT2D eigenvalue weighted by atomic mass is 10.1. The van der Waals surface area contributed by atoms with Crippen LogP contribution in [-0.4, -0.2) is 32.2 Å². The van der Waals surface area contributed by atoms with Crippen molar-refractivity contribution in [3.63, 3.8) is 0 Å². The molecule has 0 aliphatic carbocycles. The first-order valence-electron chi connectivity index (χ1n) is 8.05. The van der Waals surface area contributed by atoms with Crippen molar-refractivity contribution in [1.29, 1.82) is 0 Å². The van der Waals surface area contributed by atoms with Gasteiger partial charge in [-0.1, -0.05) is 12.1 Å². The Balaban J connectivity index is 2.33. The Bertz CT molecular complexity index is 913. The number of nitro groups is 1. The summed E-state index contributed by atoms with van der Waals surface area (Å²) >= 11 is 0. The highest BCUT2D eigenvalue weighted by molar-refractivity contribution is 6.00. The molecule has 0 aliphatic heterocycles. The van der Waals surface area contributed by atoms with Gasteiger partial charge in [0.1, 0.15) is 5.56 Å². The SMILES string of the molecule is COc1cc(C(=O)NCc2ccc(C(F)(F)F)cc2)c([N+](=O)[O-])c(OC)c1OC. The predicted molar refractivity (Wildman–Crippen MR) is 95.4 cm³/mol. The first kappa shape index (κ1) is 21.8. The Kier molecular flexibility index (Phi) is 6.52. The summed E-state index contributed by atoms with van der Waals surface area (Å²) < 4.78 is 53.0. The molecule has 0 unspecified atom stereocenters. The number of nitro benzene ring substituents is 1. The van der Waals surface area contributed by atoms with Crippen molar-refractivity contribution in [3.05, 3.63) is 57.1 Å². The van der Waals surface area contributed by atoms with E-state index in [1.54, 1.807) is 0 Å². The van der Waals surface area contributed by atoms with Gasteiger partial charge >= 0.3 is 11.9 Å². The molecule has 0 aromatic heterocycles. The van der Waals surface area contributed by atoms with Gasteiger partial charge in [-0.25, -0.2) is 0 Å². The van der Waals surface area contributed by atoms with E-state index < -0.39 is 28.3 Å². The van der Waals surface area contributed by atoms with Crippen LogP contribution in [0.2, 0.25) is 0 Å². The first-order chi connectivity index (χ1) is 13.6. The fourth-order valence-electron chi connectivity index (χ4n) is 2.58. The second-order valence-electron chi connectivity index (χ2n) is 5.68. The lowest BCUT2D eigenvalue weighted by Crippen LogP contribution is -2.24. The molecule has 1 N–H and O–H groups in total. The molecular weight excluding hydrogens is 397 g/mol. The quantitative estimate of drug-likeness (QED) is 0.549. The molecule has 0 heterocycles.